The summed E-state index contributed by atoms with van der Waals surface area (Å²) in [4.78, 5) is 8.80. The molecule has 1 aromatic carbocycles. The fourth-order valence-corrected chi connectivity index (χ4v) is 2.19. The monoisotopic (exact) mass is 293 g/mol. The molecule has 0 saturated heterocycles. The van der Waals surface area contributed by atoms with Gasteiger partial charge in [0, 0.05) is 17.7 Å². The van der Waals surface area contributed by atoms with Crippen LogP contribution in [0.25, 0.3) is 11.3 Å². The minimum atomic E-state index is -0.330. The number of halogens is 2. The van der Waals surface area contributed by atoms with Gasteiger partial charge in [0.1, 0.15) is 17.5 Å². The molecule has 5 heteroatoms. The summed E-state index contributed by atoms with van der Waals surface area (Å²) < 4.78 is 13.5. The zero-order valence-electron chi connectivity index (χ0n) is 11.8. The van der Waals surface area contributed by atoms with E-state index in [-0.39, 0.29) is 5.82 Å². The normalized spacial score (nSPS) is 10.7. The minimum absolute atomic E-state index is 0.330. The van der Waals surface area contributed by atoms with Gasteiger partial charge >= 0.3 is 0 Å². The van der Waals surface area contributed by atoms with Crippen LogP contribution >= 0.6 is 11.6 Å². The van der Waals surface area contributed by atoms with E-state index >= 15 is 0 Å². The Morgan fingerprint density at radius 1 is 1.25 bits per heavy atom. The molecular formula is C15H17ClFN3. The van der Waals surface area contributed by atoms with Crippen molar-refractivity contribution in [2.24, 2.45) is 0 Å². The number of anilines is 1. The van der Waals surface area contributed by atoms with E-state index in [0.717, 1.165) is 24.3 Å². The lowest BCUT2D eigenvalue weighted by molar-refractivity contribution is 0.628. The fraction of sp³-hybridized carbons (Fsp3) is 0.333. The Hall–Kier alpha value is -1.68. The predicted molar refractivity (Wildman–Crippen MR) is 80.7 cm³/mol. The number of rotatable bonds is 4. The SMILES string of the molecule is CCCNc1nc(C)nc(-c2cc(F)ccc2Cl)c1C. The van der Waals surface area contributed by atoms with Crippen LogP contribution in [0.4, 0.5) is 10.2 Å². The van der Waals surface area contributed by atoms with E-state index in [4.69, 9.17) is 11.6 Å². The van der Waals surface area contributed by atoms with Gasteiger partial charge in [0.05, 0.1) is 10.7 Å². The maximum absolute atomic E-state index is 13.5. The Morgan fingerprint density at radius 3 is 2.70 bits per heavy atom. The summed E-state index contributed by atoms with van der Waals surface area (Å²) in [5.41, 5.74) is 2.13. The number of nitrogens with zero attached hydrogens (tertiary/aromatic N) is 2. The first-order chi connectivity index (χ1) is 9.52. The molecule has 0 bridgehead atoms. The van der Waals surface area contributed by atoms with Gasteiger partial charge in [-0.1, -0.05) is 18.5 Å². The van der Waals surface area contributed by atoms with Crippen LogP contribution < -0.4 is 5.32 Å². The quantitative estimate of drug-likeness (QED) is 0.909. The molecule has 0 atom stereocenters. The average molecular weight is 294 g/mol. The lowest BCUT2D eigenvalue weighted by Crippen LogP contribution is -2.07. The summed E-state index contributed by atoms with van der Waals surface area (Å²) in [6.07, 6.45) is 0.999. The highest BCUT2D eigenvalue weighted by Gasteiger charge is 2.14. The zero-order valence-corrected chi connectivity index (χ0v) is 12.6. The van der Waals surface area contributed by atoms with Gasteiger partial charge in [0.25, 0.3) is 0 Å². The molecule has 0 aliphatic carbocycles. The molecule has 1 heterocycles. The standard InChI is InChI=1S/C15H17ClFN3/c1-4-7-18-15-9(2)14(19-10(3)20-15)12-8-11(17)5-6-13(12)16/h5-6,8H,4,7H2,1-3H3,(H,18,19,20). The second-order valence-corrected chi connectivity index (χ2v) is 5.05. The topological polar surface area (TPSA) is 37.8 Å². The van der Waals surface area contributed by atoms with Crippen molar-refractivity contribution in [1.82, 2.24) is 9.97 Å². The third-order valence-electron chi connectivity index (χ3n) is 2.98. The number of hydrogen-bond donors (Lipinski definition) is 1. The van der Waals surface area contributed by atoms with Crippen molar-refractivity contribution in [3.05, 3.63) is 40.4 Å². The molecule has 0 saturated carbocycles. The molecule has 1 N–H and O–H groups in total. The Balaban J connectivity index is 2.56. The second kappa shape index (κ2) is 6.18. The van der Waals surface area contributed by atoms with Crippen LogP contribution in [0.3, 0.4) is 0 Å². The van der Waals surface area contributed by atoms with E-state index < -0.39 is 0 Å². The third-order valence-corrected chi connectivity index (χ3v) is 3.31. The highest BCUT2D eigenvalue weighted by molar-refractivity contribution is 6.33. The number of aryl methyl sites for hydroxylation is 1. The van der Waals surface area contributed by atoms with Crippen LogP contribution in [-0.4, -0.2) is 16.5 Å². The van der Waals surface area contributed by atoms with Crippen molar-refractivity contribution in [3.63, 3.8) is 0 Å². The maximum Gasteiger partial charge on any atom is 0.133 e. The Labute approximate surface area is 123 Å². The predicted octanol–water partition coefficient (Wildman–Crippen LogP) is 4.37. The lowest BCUT2D eigenvalue weighted by atomic mass is 10.1. The number of benzene rings is 1. The van der Waals surface area contributed by atoms with Crippen LogP contribution in [0.5, 0.6) is 0 Å². The van der Waals surface area contributed by atoms with E-state index in [0.29, 0.717) is 22.1 Å². The van der Waals surface area contributed by atoms with Crippen LogP contribution in [0.2, 0.25) is 5.02 Å². The van der Waals surface area contributed by atoms with E-state index in [1.807, 2.05) is 13.8 Å². The van der Waals surface area contributed by atoms with Crippen molar-refractivity contribution >= 4 is 17.4 Å². The summed E-state index contributed by atoms with van der Waals surface area (Å²) in [5.74, 6) is 1.07. The molecule has 106 valence electrons. The Morgan fingerprint density at radius 2 is 2.00 bits per heavy atom. The van der Waals surface area contributed by atoms with E-state index in [1.54, 1.807) is 6.07 Å². The molecule has 0 aliphatic rings. The van der Waals surface area contributed by atoms with Gasteiger partial charge in [-0.2, -0.15) is 0 Å². The van der Waals surface area contributed by atoms with Crippen LogP contribution in [0.15, 0.2) is 18.2 Å². The van der Waals surface area contributed by atoms with Gasteiger partial charge in [-0.25, -0.2) is 14.4 Å². The van der Waals surface area contributed by atoms with E-state index in [2.05, 4.69) is 22.2 Å². The molecule has 3 nitrogen and oxygen atoms in total. The minimum Gasteiger partial charge on any atom is -0.370 e. The van der Waals surface area contributed by atoms with Gasteiger partial charge in [-0.15, -0.1) is 0 Å². The van der Waals surface area contributed by atoms with Gasteiger partial charge in [-0.3, -0.25) is 0 Å². The van der Waals surface area contributed by atoms with Crippen LogP contribution in [-0.2, 0) is 0 Å². The first kappa shape index (κ1) is 14.7. The van der Waals surface area contributed by atoms with Gasteiger partial charge < -0.3 is 5.32 Å². The van der Waals surface area contributed by atoms with Gasteiger partial charge in [0.2, 0.25) is 0 Å². The molecule has 0 unspecified atom stereocenters. The Kier molecular flexibility index (Phi) is 4.55. The summed E-state index contributed by atoms with van der Waals surface area (Å²) in [6.45, 7) is 6.63. The maximum atomic E-state index is 13.5. The van der Waals surface area contributed by atoms with Crippen molar-refractivity contribution in [3.8, 4) is 11.3 Å². The largest absolute Gasteiger partial charge is 0.370 e. The van der Waals surface area contributed by atoms with Crippen molar-refractivity contribution in [2.45, 2.75) is 27.2 Å². The number of nitrogens with one attached hydrogen (secondary N) is 1. The van der Waals surface area contributed by atoms with Crippen molar-refractivity contribution < 1.29 is 4.39 Å². The van der Waals surface area contributed by atoms with Crippen molar-refractivity contribution in [2.75, 3.05) is 11.9 Å². The second-order valence-electron chi connectivity index (χ2n) is 4.64. The smallest absolute Gasteiger partial charge is 0.133 e. The molecule has 0 spiro atoms. The molecule has 0 fully saturated rings. The summed E-state index contributed by atoms with van der Waals surface area (Å²) in [6, 6.07) is 4.29. The number of aromatic nitrogens is 2. The van der Waals surface area contributed by atoms with Crippen LogP contribution in [0, 0.1) is 19.7 Å². The molecule has 0 amide bonds. The summed E-state index contributed by atoms with van der Waals surface area (Å²) in [5, 5.41) is 3.74. The molecule has 20 heavy (non-hydrogen) atoms. The first-order valence-corrected chi connectivity index (χ1v) is 6.95. The van der Waals surface area contributed by atoms with Gasteiger partial charge in [0.15, 0.2) is 0 Å². The molecule has 2 aromatic rings. The van der Waals surface area contributed by atoms with Gasteiger partial charge in [-0.05, 0) is 38.5 Å². The summed E-state index contributed by atoms with van der Waals surface area (Å²) >= 11 is 6.16. The lowest BCUT2D eigenvalue weighted by Gasteiger charge is -2.13. The van der Waals surface area contributed by atoms with Crippen molar-refractivity contribution in [1.29, 1.82) is 0 Å². The van der Waals surface area contributed by atoms with E-state index in [1.165, 1.54) is 12.1 Å². The molecule has 1 aromatic heterocycles. The van der Waals surface area contributed by atoms with Crippen LogP contribution in [0.1, 0.15) is 24.7 Å². The average Bonchev–Trinajstić information content (AvgIpc) is 2.42. The summed E-state index contributed by atoms with van der Waals surface area (Å²) in [7, 11) is 0. The highest BCUT2D eigenvalue weighted by atomic mass is 35.5. The number of hydrogen-bond acceptors (Lipinski definition) is 3. The molecule has 0 radical (unpaired) electrons. The van der Waals surface area contributed by atoms with E-state index in [9.17, 15) is 4.39 Å². The molecule has 0 aliphatic heterocycles. The zero-order chi connectivity index (χ0) is 14.7. The first-order valence-electron chi connectivity index (χ1n) is 6.57. The third kappa shape index (κ3) is 3.07. The Bertz CT molecular complexity index is 629. The molecular weight excluding hydrogens is 277 g/mol. The molecule has 2 rings (SSSR count). The highest BCUT2D eigenvalue weighted by Crippen LogP contribution is 2.31. The fourth-order valence-electron chi connectivity index (χ4n) is 1.99.